The Labute approximate surface area is 150 Å². The molecule has 0 aliphatic heterocycles. The summed E-state index contributed by atoms with van der Waals surface area (Å²) in [5, 5.41) is 0. The number of aryl methyl sites for hydroxylation is 1. The van der Waals surface area contributed by atoms with Gasteiger partial charge >= 0.3 is 0 Å². The fraction of sp³-hybridized carbons (Fsp3) is 0.550. The molecule has 2 aromatic rings. The summed E-state index contributed by atoms with van der Waals surface area (Å²) in [6.45, 7) is 9.50. The first-order valence-corrected chi connectivity index (χ1v) is 9.11. The minimum Gasteiger partial charge on any atom is -0.378 e. The maximum absolute atomic E-state index is 5.88. The predicted molar refractivity (Wildman–Crippen MR) is 101 cm³/mol. The Bertz CT molecular complexity index is 717. The highest BCUT2D eigenvalue weighted by Crippen LogP contribution is 2.46. The van der Waals surface area contributed by atoms with Crippen molar-refractivity contribution >= 4 is 5.82 Å². The van der Waals surface area contributed by atoms with Crippen LogP contribution in [0.1, 0.15) is 39.8 Å². The van der Waals surface area contributed by atoms with Crippen LogP contribution in [-0.4, -0.2) is 40.8 Å². The van der Waals surface area contributed by atoms with Crippen LogP contribution in [0.4, 0.5) is 5.82 Å². The molecule has 0 bridgehead atoms. The molecule has 2 atom stereocenters. The third-order valence-corrected chi connectivity index (χ3v) is 5.34. The van der Waals surface area contributed by atoms with Gasteiger partial charge in [-0.05, 0) is 31.9 Å². The Balaban J connectivity index is 1.89. The van der Waals surface area contributed by atoms with Crippen molar-refractivity contribution in [3.05, 3.63) is 36.2 Å². The maximum atomic E-state index is 5.88. The van der Waals surface area contributed by atoms with Crippen molar-refractivity contribution in [2.45, 2.75) is 52.7 Å². The number of nitrogens with zero attached hydrogens (tertiary/aromatic N) is 4. The van der Waals surface area contributed by atoms with Crippen molar-refractivity contribution < 1.29 is 4.74 Å². The third-order valence-electron chi connectivity index (χ3n) is 5.34. The molecule has 1 aliphatic carbocycles. The molecular weight excluding hydrogens is 312 g/mol. The van der Waals surface area contributed by atoms with E-state index in [4.69, 9.17) is 9.72 Å². The normalized spacial score (nSPS) is 21.6. The van der Waals surface area contributed by atoms with Crippen molar-refractivity contribution in [3.8, 4) is 11.5 Å². The van der Waals surface area contributed by atoms with Crippen LogP contribution in [-0.2, 0) is 11.2 Å². The van der Waals surface area contributed by atoms with Gasteiger partial charge in [0.1, 0.15) is 11.5 Å². The molecule has 0 radical (unpaired) electrons. The molecule has 1 aliphatic rings. The summed E-state index contributed by atoms with van der Waals surface area (Å²) in [6.07, 6.45) is 4.00. The Morgan fingerprint density at radius 3 is 2.64 bits per heavy atom. The van der Waals surface area contributed by atoms with E-state index < -0.39 is 0 Å². The molecular formula is C20H28N4O. The number of hydrogen-bond acceptors (Lipinski definition) is 5. The number of aromatic nitrogens is 3. The third kappa shape index (κ3) is 3.38. The molecule has 0 N–H and O–H groups in total. The maximum Gasteiger partial charge on any atom is 0.180 e. The average molecular weight is 340 g/mol. The summed E-state index contributed by atoms with van der Waals surface area (Å²) < 4.78 is 5.88. The van der Waals surface area contributed by atoms with E-state index >= 15 is 0 Å². The second-order valence-electron chi connectivity index (χ2n) is 7.24. The monoisotopic (exact) mass is 340 g/mol. The van der Waals surface area contributed by atoms with E-state index in [-0.39, 0.29) is 5.41 Å². The van der Waals surface area contributed by atoms with E-state index in [1.165, 1.54) is 0 Å². The molecule has 2 aromatic heterocycles. The van der Waals surface area contributed by atoms with Gasteiger partial charge in [-0.2, -0.15) is 0 Å². The molecule has 5 nitrogen and oxygen atoms in total. The average Bonchev–Trinajstić information content (AvgIpc) is 2.64. The molecule has 0 spiro atoms. The Morgan fingerprint density at radius 1 is 1.24 bits per heavy atom. The topological polar surface area (TPSA) is 51.1 Å². The minimum absolute atomic E-state index is 0.104. The second-order valence-corrected chi connectivity index (χ2v) is 7.24. The summed E-state index contributed by atoms with van der Waals surface area (Å²) >= 11 is 0. The van der Waals surface area contributed by atoms with Gasteiger partial charge in [-0.1, -0.05) is 26.8 Å². The number of hydrogen-bond donors (Lipinski definition) is 0. The highest BCUT2D eigenvalue weighted by molar-refractivity contribution is 5.54. The summed E-state index contributed by atoms with van der Waals surface area (Å²) in [5.74, 6) is 1.65. The van der Waals surface area contributed by atoms with E-state index in [2.05, 4.69) is 55.7 Å². The van der Waals surface area contributed by atoms with Crippen molar-refractivity contribution in [1.82, 2.24) is 15.0 Å². The van der Waals surface area contributed by atoms with Gasteiger partial charge in [0.25, 0.3) is 0 Å². The van der Waals surface area contributed by atoms with E-state index in [0.717, 1.165) is 36.7 Å². The highest BCUT2D eigenvalue weighted by atomic mass is 16.5. The number of ether oxygens (including phenoxy) is 1. The van der Waals surface area contributed by atoms with Crippen LogP contribution in [0, 0.1) is 5.41 Å². The fourth-order valence-electron chi connectivity index (χ4n) is 3.62. The smallest absolute Gasteiger partial charge is 0.180 e. The number of rotatable bonds is 6. The zero-order valence-corrected chi connectivity index (χ0v) is 15.9. The van der Waals surface area contributed by atoms with Crippen molar-refractivity contribution in [3.63, 3.8) is 0 Å². The minimum atomic E-state index is 0.104. The Kier molecular flexibility index (Phi) is 5.04. The molecule has 0 saturated heterocycles. The summed E-state index contributed by atoms with van der Waals surface area (Å²) in [6, 6.07) is 8.33. The lowest BCUT2D eigenvalue weighted by Crippen LogP contribution is -2.61. The summed E-state index contributed by atoms with van der Waals surface area (Å²) in [5.41, 5.74) is 1.95. The molecule has 134 valence electrons. The van der Waals surface area contributed by atoms with Gasteiger partial charge in [-0.3, -0.25) is 4.98 Å². The zero-order chi connectivity index (χ0) is 18.0. The van der Waals surface area contributed by atoms with Crippen LogP contribution in [0.25, 0.3) is 11.5 Å². The predicted octanol–water partition coefficient (Wildman–Crippen LogP) is 3.74. The number of pyridine rings is 1. The van der Waals surface area contributed by atoms with E-state index in [1.54, 1.807) is 6.20 Å². The molecule has 0 amide bonds. The van der Waals surface area contributed by atoms with Crippen LogP contribution < -0.4 is 4.90 Å². The van der Waals surface area contributed by atoms with Crippen LogP contribution in [0.3, 0.4) is 0 Å². The van der Waals surface area contributed by atoms with E-state index in [0.29, 0.717) is 18.0 Å². The molecule has 0 aromatic carbocycles. The first-order valence-electron chi connectivity index (χ1n) is 9.11. The van der Waals surface area contributed by atoms with Gasteiger partial charge in [-0.15, -0.1) is 0 Å². The molecule has 1 fully saturated rings. The van der Waals surface area contributed by atoms with Gasteiger partial charge in [0.15, 0.2) is 5.82 Å². The SMILES string of the molecule is CCOC1CC(N(C)c2cc(CC)nc(-c3ccccn3)n2)C1(C)C. The van der Waals surface area contributed by atoms with Crippen molar-refractivity contribution in [2.75, 3.05) is 18.6 Å². The lowest BCUT2D eigenvalue weighted by molar-refractivity contribution is -0.104. The largest absolute Gasteiger partial charge is 0.378 e. The number of anilines is 1. The lowest BCUT2D eigenvalue weighted by atomic mass is 9.64. The van der Waals surface area contributed by atoms with E-state index in [9.17, 15) is 0 Å². The zero-order valence-electron chi connectivity index (χ0n) is 15.9. The van der Waals surface area contributed by atoms with Gasteiger partial charge in [0.2, 0.25) is 0 Å². The van der Waals surface area contributed by atoms with Gasteiger partial charge in [-0.25, -0.2) is 9.97 Å². The second kappa shape index (κ2) is 7.08. The quantitative estimate of drug-likeness (QED) is 0.802. The first kappa shape index (κ1) is 17.8. The van der Waals surface area contributed by atoms with Gasteiger partial charge in [0.05, 0.1) is 6.10 Å². The van der Waals surface area contributed by atoms with E-state index in [1.807, 2.05) is 18.2 Å². The lowest BCUT2D eigenvalue weighted by Gasteiger charge is -2.55. The van der Waals surface area contributed by atoms with Crippen LogP contribution >= 0.6 is 0 Å². The van der Waals surface area contributed by atoms with Crippen LogP contribution in [0.15, 0.2) is 30.5 Å². The molecule has 25 heavy (non-hydrogen) atoms. The molecule has 1 saturated carbocycles. The summed E-state index contributed by atoms with van der Waals surface area (Å²) in [7, 11) is 2.12. The fourth-order valence-corrected chi connectivity index (χ4v) is 3.62. The summed E-state index contributed by atoms with van der Waals surface area (Å²) in [4.78, 5) is 16.2. The van der Waals surface area contributed by atoms with Crippen molar-refractivity contribution in [1.29, 1.82) is 0 Å². The van der Waals surface area contributed by atoms with Crippen LogP contribution in [0.5, 0.6) is 0 Å². The Hall–Kier alpha value is -2.01. The molecule has 3 rings (SSSR count). The van der Waals surface area contributed by atoms with Crippen molar-refractivity contribution in [2.24, 2.45) is 5.41 Å². The van der Waals surface area contributed by atoms with Gasteiger partial charge in [0, 0.05) is 43.1 Å². The Morgan fingerprint density at radius 2 is 2.04 bits per heavy atom. The van der Waals surface area contributed by atoms with Crippen LogP contribution in [0.2, 0.25) is 0 Å². The standard InChI is InChI=1S/C20H28N4O/c1-6-14-12-18(23-19(22-14)15-10-8-9-11-21-15)24(5)16-13-17(25-7-2)20(16,3)4/h8-12,16-17H,6-7,13H2,1-5H3. The van der Waals surface area contributed by atoms with Gasteiger partial charge < -0.3 is 9.64 Å². The molecule has 5 heteroatoms. The first-order chi connectivity index (χ1) is 12.0. The highest BCUT2D eigenvalue weighted by Gasteiger charge is 2.51. The molecule has 2 heterocycles. The molecule has 2 unspecified atom stereocenters.